The molecule has 3 N–H and O–H groups in total. The highest BCUT2D eigenvalue weighted by molar-refractivity contribution is 5.90. The predicted octanol–water partition coefficient (Wildman–Crippen LogP) is 2.89. The Morgan fingerprint density at radius 2 is 1.98 bits per heavy atom. The summed E-state index contributed by atoms with van der Waals surface area (Å²) in [5.41, 5.74) is 2.28. The molecular formula is C31H44N10O2. The number of carbonyl (C=O) groups is 2. The third-order valence-electron chi connectivity index (χ3n) is 6.89. The Morgan fingerprint density at radius 3 is 2.70 bits per heavy atom. The Bertz CT molecular complexity index is 1490. The van der Waals surface area contributed by atoms with Gasteiger partial charge in [-0.1, -0.05) is 24.8 Å². The highest BCUT2D eigenvalue weighted by atomic mass is 16.2. The lowest BCUT2D eigenvalue weighted by Gasteiger charge is -2.33. The molecule has 0 bridgehead atoms. The number of aldehydes is 1. The van der Waals surface area contributed by atoms with E-state index in [0.717, 1.165) is 53.7 Å². The quantitative estimate of drug-likeness (QED) is 0.105. The maximum atomic E-state index is 12.5. The average Bonchev–Trinajstić information content (AvgIpc) is 3.27. The zero-order valence-corrected chi connectivity index (χ0v) is 26.4. The lowest BCUT2D eigenvalue weighted by Crippen LogP contribution is -2.54. The molecule has 0 spiro atoms. The molecule has 43 heavy (non-hydrogen) atoms. The third-order valence-corrected chi connectivity index (χ3v) is 6.89. The van der Waals surface area contributed by atoms with Crippen LogP contribution in [0.5, 0.6) is 0 Å². The maximum Gasteiger partial charge on any atom is 0.246 e. The van der Waals surface area contributed by atoms with Gasteiger partial charge in [-0.05, 0) is 53.4 Å². The lowest BCUT2D eigenvalue weighted by molar-refractivity contribution is -0.134. The van der Waals surface area contributed by atoms with Gasteiger partial charge in [0, 0.05) is 51.6 Å². The molecule has 3 heterocycles. The first kappa shape index (κ1) is 33.2. The van der Waals surface area contributed by atoms with Crippen molar-refractivity contribution in [1.29, 1.82) is 0 Å². The monoisotopic (exact) mass is 588 g/mol. The summed E-state index contributed by atoms with van der Waals surface area (Å²) in [5.74, 6) is 7.31. The van der Waals surface area contributed by atoms with E-state index < -0.39 is 5.54 Å². The number of hydrogen-bond acceptors (Lipinski definition) is 10. The van der Waals surface area contributed by atoms with Gasteiger partial charge in [0.1, 0.15) is 17.6 Å². The normalized spacial score (nSPS) is 12.7. The molecule has 0 unspecified atom stereocenters. The number of nitrogens with zero attached hydrogens (tertiary/aromatic N) is 7. The van der Waals surface area contributed by atoms with Gasteiger partial charge in [0.15, 0.2) is 5.65 Å². The molecule has 230 valence electrons. The molecule has 0 radical (unpaired) electrons. The second kappa shape index (κ2) is 15.8. The zero-order chi connectivity index (χ0) is 31.4. The SMILES string of the molecule is CCCNc1nc(Nc2cnc3c(c2)c(C)nn3C)ncc1C#CCCCNC[C@](C)(C=O)N(C)C(=O)/C=C/CN(C)C. The van der Waals surface area contributed by atoms with Crippen molar-refractivity contribution in [1.82, 2.24) is 39.8 Å². The summed E-state index contributed by atoms with van der Waals surface area (Å²) < 4.78 is 1.76. The highest BCUT2D eigenvalue weighted by Crippen LogP contribution is 2.22. The summed E-state index contributed by atoms with van der Waals surface area (Å²) in [6.45, 7) is 8.22. The molecule has 3 rings (SSSR count). The van der Waals surface area contributed by atoms with E-state index in [1.165, 1.54) is 11.0 Å². The largest absolute Gasteiger partial charge is 0.369 e. The van der Waals surface area contributed by atoms with Crippen molar-refractivity contribution < 1.29 is 9.59 Å². The molecule has 0 saturated heterocycles. The smallest absolute Gasteiger partial charge is 0.246 e. The van der Waals surface area contributed by atoms with Crippen molar-refractivity contribution in [2.75, 3.05) is 58.0 Å². The van der Waals surface area contributed by atoms with Crippen LogP contribution in [0.2, 0.25) is 0 Å². The molecular weight excluding hydrogens is 544 g/mol. The Kier molecular flexibility index (Phi) is 12.2. The van der Waals surface area contributed by atoms with Crippen LogP contribution in [0.25, 0.3) is 11.0 Å². The number of hydrogen-bond donors (Lipinski definition) is 3. The summed E-state index contributed by atoms with van der Waals surface area (Å²) in [6, 6.07) is 1.99. The van der Waals surface area contributed by atoms with E-state index in [4.69, 9.17) is 0 Å². The van der Waals surface area contributed by atoms with Crippen molar-refractivity contribution in [2.24, 2.45) is 7.05 Å². The second-order valence-electron chi connectivity index (χ2n) is 10.9. The molecule has 0 aliphatic carbocycles. The summed E-state index contributed by atoms with van der Waals surface area (Å²) in [4.78, 5) is 41.4. The Labute approximate surface area is 254 Å². The first-order chi connectivity index (χ1) is 20.6. The fourth-order valence-corrected chi connectivity index (χ4v) is 4.19. The Morgan fingerprint density at radius 1 is 1.19 bits per heavy atom. The van der Waals surface area contributed by atoms with Crippen molar-refractivity contribution in [3.8, 4) is 11.8 Å². The number of aryl methyl sites for hydroxylation is 2. The minimum Gasteiger partial charge on any atom is -0.369 e. The molecule has 1 atom stereocenters. The molecule has 3 aromatic rings. The number of fused-ring (bicyclic) bond motifs is 1. The number of anilines is 3. The first-order valence-corrected chi connectivity index (χ1v) is 14.5. The Balaban J connectivity index is 1.55. The molecule has 0 fully saturated rings. The van der Waals surface area contributed by atoms with Crippen LogP contribution in [0.4, 0.5) is 17.5 Å². The van der Waals surface area contributed by atoms with Gasteiger partial charge in [-0.15, -0.1) is 0 Å². The third kappa shape index (κ3) is 9.33. The van der Waals surface area contributed by atoms with Gasteiger partial charge in [-0.3, -0.25) is 9.48 Å². The molecule has 0 aromatic carbocycles. The first-order valence-electron chi connectivity index (χ1n) is 14.5. The summed E-state index contributed by atoms with van der Waals surface area (Å²) in [6.07, 6.45) is 9.94. The highest BCUT2D eigenvalue weighted by Gasteiger charge is 2.31. The fraction of sp³-hybridized carbons (Fsp3) is 0.484. The van der Waals surface area contributed by atoms with Gasteiger partial charge >= 0.3 is 0 Å². The van der Waals surface area contributed by atoms with E-state index in [0.29, 0.717) is 37.8 Å². The van der Waals surface area contributed by atoms with Crippen LogP contribution >= 0.6 is 0 Å². The minimum absolute atomic E-state index is 0.207. The second-order valence-corrected chi connectivity index (χ2v) is 10.9. The van der Waals surface area contributed by atoms with Crippen LogP contribution in [0, 0.1) is 18.8 Å². The van der Waals surface area contributed by atoms with Crippen molar-refractivity contribution in [3.63, 3.8) is 0 Å². The number of amides is 1. The molecule has 0 saturated carbocycles. The van der Waals surface area contributed by atoms with Gasteiger partial charge < -0.3 is 30.5 Å². The van der Waals surface area contributed by atoms with Crippen LogP contribution in [-0.2, 0) is 16.6 Å². The van der Waals surface area contributed by atoms with E-state index >= 15 is 0 Å². The number of nitrogens with one attached hydrogen (secondary N) is 3. The van der Waals surface area contributed by atoms with Crippen LogP contribution in [0.15, 0.2) is 30.6 Å². The maximum absolute atomic E-state index is 12.5. The average molecular weight is 589 g/mol. The van der Waals surface area contributed by atoms with Gasteiger partial charge in [0.2, 0.25) is 11.9 Å². The number of rotatable bonds is 15. The molecule has 12 nitrogen and oxygen atoms in total. The fourth-order valence-electron chi connectivity index (χ4n) is 4.19. The molecule has 0 aliphatic heterocycles. The van der Waals surface area contributed by atoms with Crippen LogP contribution in [0.3, 0.4) is 0 Å². The van der Waals surface area contributed by atoms with E-state index in [9.17, 15) is 9.59 Å². The number of carbonyl (C=O) groups excluding carboxylic acids is 2. The minimum atomic E-state index is -0.948. The zero-order valence-electron chi connectivity index (χ0n) is 26.4. The number of likely N-dealkylation sites (N-methyl/N-ethyl adjacent to an activating group) is 2. The molecule has 1 amide bonds. The summed E-state index contributed by atoms with van der Waals surface area (Å²) in [5, 5.41) is 15.3. The van der Waals surface area contributed by atoms with Crippen LogP contribution in [-0.4, -0.2) is 99.6 Å². The standard InChI is InChI=1S/C31H44N10O2/c1-8-15-33-28-24(19-35-30(37-28)36-25-18-26-23(2)38-41(7)29(26)34-20-25)13-10-9-11-16-32-21-31(3,22-42)40(6)27(43)14-12-17-39(4)5/h12,14,18-20,22,32H,8-9,11,15-17,21H2,1-7H3,(H2,33,35,36,37)/b14-12+/t31-/m1/s1. The lowest BCUT2D eigenvalue weighted by atomic mass is 10.0. The predicted molar refractivity (Wildman–Crippen MR) is 171 cm³/mol. The van der Waals surface area contributed by atoms with Gasteiger partial charge in [0.25, 0.3) is 0 Å². The van der Waals surface area contributed by atoms with E-state index in [2.05, 4.69) is 54.8 Å². The van der Waals surface area contributed by atoms with Crippen molar-refractivity contribution in [3.05, 3.63) is 41.9 Å². The number of pyridine rings is 1. The number of unbranched alkanes of at least 4 members (excludes halogenated alkanes) is 1. The van der Waals surface area contributed by atoms with Gasteiger partial charge in [-0.2, -0.15) is 10.1 Å². The number of aromatic nitrogens is 5. The summed E-state index contributed by atoms with van der Waals surface area (Å²) >= 11 is 0. The van der Waals surface area contributed by atoms with Gasteiger partial charge in [0.05, 0.1) is 29.3 Å². The van der Waals surface area contributed by atoms with Crippen LogP contribution < -0.4 is 16.0 Å². The van der Waals surface area contributed by atoms with E-state index in [-0.39, 0.29) is 5.91 Å². The van der Waals surface area contributed by atoms with Crippen molar-refractivity contribution >= 4 is 40.7 Å². The van der Waals surface area contributed by atoms with Crippen molar-refractivity contribution in [2.45, 2.75) is 45.6 Å². The van der Waals surface area contributed by atoms with Crippen LogP contribution in [0.1, 0.15) is 44.4 Å². The topological polar surface area (TPSA) is 133 Å². The van der Waals surface area contributed by atoms with Gasteiger partial charge in [-0.25, -0.2) is 9.97 Å². The summed E-state index contributed by atoms with van der Waals surface area (Å²) in [7, 11) is 7.38. The molecule has 12 heteroatoms. The van der Waals surface area contributed by atoms with E-state index in [1.54, 1.807) is 37.1 Å². The molecule has 3 aromatic heterocycles. The van der Waals surface area contributed by atoms with E-state index in [1.807, 2.05) is 39.0 Å². The molecule has 0 aliphatic rings. The Hall–Kier alpha value is -4.34.